The van der Waals surface area contributed by atoms with E-state index in [0.717, 1.165) is 6.42 Å². The number of benzene rings is 2. The van der Waals surface area contributed by atoms with E-state index in [4.69, 9.17) is 10.5 Å². The Labute approximate surface area is 118 Å². The summed E-state index contributed by atoms with van der Waals surface area (Å²) in [4.78, 5) is 0. The van der Waals surface area contributed by atoms with E-state index < -0.39 is 0 Å². The number of ether oxygens (including phenoxy) is 1. The van der Waals surface area contributed by atoms with E-state index in [0.29, 0.717) is 18.6 Å². The van der Waals surface area contributed by atoms with Crippen molar-refractivity contribution in [2.75, 3.05) is 6.61 Å². The number of halogens is 1. The fourth-order valence-electron chi connectivity index (χ4n) is 2.81. The lowest BCUT2D eigenvalue weighted by Crippen LogP contribution is -2.22. The first kappa shape index (κ1) is 13.3. The van der Waals surface area contributed by atoms with Crippen molar-refractivity contribution < 1.29 is 9.13 Å². The van der Waals surface area contributed by atoms with Gasteiger partial charge in [0, 0.05) is 11.6 Å². The van der Waals surface area contributed by atoms with Crippen LogP contribution in [-0.4, -0.2) is 6.61 Å². The molecule has 3 rings (SSSR count). The zero-order chi connectivity index (χ0) is 13.9. The molecule has 0 amide bonds. The first-order valence-corrected chi connectivity index (χ1v) is 6.95. The van der Waals surface area contributed by atoms with Crippen molar-refractivity contribution in [2.24, 2.45) is 5.73 Å². The Balaban J connectivity index is 1.81. The number of hydrogen-bond donors (Lipinski definition) is 1. The molecule has 0 saturated carbocycles. The maximum Gasteiger partial charge on any atom is 0.127 e. The van der Waals surface area contributed by atoms with Crippen molar-refractivity contribution in [1.29, 1.82) is 0 Å². The third kappa shape index (κ3) is 2.60. The van der Waals surface area contributed by atoms with Crippen LogP contribution in [0.5, 0.6) is 0 Å². The van der Waals surface area contributed by atoms with Crippen LogP contribution >= 0.6 is 0 Å². The van der Waals surface area contributed by atoms with Crippen LogP contribution in [0.2, 0.25) is 0 Å². The maximum absolute atomic E-state index is 13.8. The topological polar surface area (TPSA) is 35.2 Å². The summed E-state index contributed by atoms with van der Waals surface area (Å²) in [5, 5.41) is 0. The van der Waals surface area contributed by atoms with Crippen molar-refractivity contribution in [3.05, 3.63) is 71.0 Å². The molecule has 2 atom stereocenters. The molecular formula is C17H18FNO. The summed E-state index contributed by atoms with van der Waals surface area (Å²) < 4.78 is 19.6. The van der Waals surface area contributed by atoms with Gasteiger partial charge in [-0.2, -0.15) is 0 Å². The number of rotatable bonds is 3. The minimum atomic E-state index is -0.354. The largest absolute Gasteiger partial charge is 0.373 e. The number of hydrogen-bond acceptors (Lipinski definition) is 2. The Morgan fingerprint density at radius 1 is 1.15 bits per heavy atom. The van der Waals surface area contributed by atoms with E-state index in [1.165, 1.54) is 17.2 Å². The Hall–Kier alpha value is -1.71. The second kappa shape index (κ2) is 5.73. The van der Waals surface area contributed by atoms with Crippen molar-refractivity contribution in [2.45, 2.75) is 25.0 Å². The van der Waals surface area contributed by atoms with Crippen LogP contribution < -0.4 is 5.73 Å². The van der Waals surface area contributed by atoms with Crippen LogP contribution in [0.3, 0.4) is 0 Å². The molecule has 0 aliphatic carbocycles. The summed E-state index contributed by atoms with van der Waals surface area (Å²) in [6.07, 6.45) is 1.48. The molecule has 2 aromatic rings. The van der Waals surface area contributed by atoms with Gasteiger partial charge in [0.05, 0.1) is 12.7 Å². The third-order valence-corrected chi connectivity index (χ3v) is 3.87. The summed E-state index contributed by atoms with van der Waals surface area (Å²) >= 11 is 0. The minimum Gasteiger partial charge on any atom is -0.373 e. The normalized spacial score (nSPS) is 19.4. The van der Waals surface area contributed by atoms with E-state index in [1.54, 1.807) is 12.1 Å². The summed E-state index contributed by atoms with van der Waals surface area (Å²) in [6, 6.07) is 14.6. The first-order valence-electron chi connectivity index (χ1n) is 6.95. The quantitative estimate of drug-likeness (QED) is 0.927. The van der Waals surface area contributed by atoms with E-state index in [9.17, 15) is 4.39 Å². The SMILES string of the molecule is NC(CC1OCCc2ccccc21)c1ccccc1F. The molecule has 0 radical (unpaired) electrons. The molecule has 1 heterocycles. The first-order chi connectivity index (χ1) is 9.75. The zero-order valence-corrected chi connectivity index (χ0v) is 11.3. The summed E-state index contributed by atoms with van der Waals surface area (Å²) in [5.74, 6) is -0.246. The van der Waals surface area contributed by atoms with Crippen molar-refractivity contribution >= 4 is 0 Å². The standard InChI is InChI=1S/C17H18FNO/c18-15-8-4-3-7-14(15)16(19)11-17-13-6-2-1-5-12(13)9-10-20-17/h1-8,16-17H,9-11,19H2. The fraction of sp³-hybridized carbons (Fsp3) is 0.294. The molecule has 2 nitrogen and oxygen atoms in total. The monoisotopic (exact) mass is 271 g/mol. The van der Waals surface area contributed by atoms with E-state index in [1.807, 2.05) is 18.2 Å². The predicted octanol–water partition coefficient (Wildman–Crippen LogP) is 3.53. The van der Waals surface area contributed by atoms with Gasteiger partial charge in [-0.25, -0.2) is 4.39 Å². The molecule has 1 aliphatic heterocycles. The highest BCUT2D eigenvalue weighted by molar-refractivity contribution is 5.31. The van der Waals surface area contributed by atoms with Gasteiger partial charge >= 0.3 is 0 Å². The Morgan fingerprint density at radius 3 is 2.75 bits per heavy atom. The third-order valence-electron chi connectivity index (χ3n) is 3.87. The Bertz CT molecular complexity index is 599. The van der Waals surface area contributed by atoms with Crippen molar-refractivity contribution in [3.8, 4) is 0 Å². The molecule has 2 unspecified atom stereocenters. The lowest BCUT2D eigenvalue weighted by atomic mass is 9.91. The summed E-state index contributed by atoms with van der Waals surface area (Å²) in [6.45, 7) is 0.700. The van der Waals surface area contributed by atoms with E-state index in [-0.39, 0.29) is 18.0 Å². The van der Waals surface area contributed by atoms with Gasteiger partial charge in [-0.05, 0) is 30.0 Å². The van der Waals surface area contributed by atoms with Gasteiger partial charge in [-0.1, -0.05) is 42.5 Å². The van der Waals surface area contributed by atoms with Crippen molar-refractivity contribution in [3.63, 3.8) is 0 Å². The van der Waals surface area contributed by atoms with E-state index >= 15 is 0 Å². The van der Waals surface area contributed by atoms with Crippen LogP contribution in [0.25, 0.3) is 0 Å². The lowest BCUT2D eigenvalue weighted by Gasteiger charge is -2.28. The maximum atomic E-state index is 13.8. The molecule has 0 aromatic heterocycles. The lowest BCUT2D eigenvalue weighted by molar-refractivity contribution is 0.0318. The molecule has 3 heteroatoms. The van der Waals surface area contributed by atoms with Crippen LogP contribution in [0.4, 0.5) is 4.39 Å². The molecule has 0 spiro atoms. The van der Waals surface area contributed by atoms with Crippen molar-refractivity contribution in [1.82, 2.24) is 0 Å². The highest BCUT2D eigenvalue weighted by Gasteiger charge is 2.24. The zero-order valence-electron chi connectivity index (χ0n) is 11.3. The second-order valence-corrected chi connectivity index (χ2v) is 5.17. The summed E-state index contributed by atoms with van der Waals surface area (Å²) in [7, 11) is 0. The fourth-order valence-corrected chi connectivity index (χ4v) is 2.81. The number of fused-ring (bicyclic) bond motifs is 1. The highest BCUT2D eigenvalue weighted by Crippen LogP contribution is 2.33. The second-order valence-electron chi connectivity index (χ2n) is 5.17. The van der Waals surface area contributed by atoms with Gasteiger partial charge in [0.1, 0.15) is 5.82 Å². The smallest absolute Gasteiger partial charge is 0.127 e. The molecule has 20 heavy (non-hydrogen) atoms. The average molecular weight is 271 g/mol. The van der Waals surface area contributed by atoms with E-state index in [2.05, 4.69) is 12.1 Å². The molecule has 0 bridgehead atoms. The average Bonchev–Trinajstić information content (AvgIpc) is 2.48. The number of nitrogens with two attached hydrogens (primary N) is 1. The van der Waals surface area contributed by atoms with Gasteiger partial charge in [-0.15, -0.1) is 0 Å². The summed E-state index contributed by atoms with van der Waals surface area (Å²) in [5.41, 5.74) is 9.21. The van der Waals surface area contributed by atoms with Gasteiger partial charge in [0.2, 0.25) is 0 Å². The Morgan fingerprint density at radius 2 is 1.90 bits per heavy atom. The van der Waals surface area contributed by atoms with Gasteiger partial charge in [0.25, 0.3) is 0 Å². The molecule has 2 N–H and O–H groups in total. The van der Waals surface area contributed by atoms with Gasteiger partial charge in [0.15, 0.2) is 0 Å². The van der Waals surface area contributed by atoms with Gasteiger partial charge in [-0.3, -0.25) is 0 Å². The minimum absolute atomic E-state index is 0.0467. The Kier molecular flexibility index (Phi) is 3.81. The highest BCUT2D eigenvalue weighted by atomic mass is 19.1. The molecule has 0 saturated heterocycles. The molecular weight excluding hydrogens is 253 g/mol. The van der Waals surface area contributed by atoms with Crippen LogP contribution in [0.15, 0.2) is 48.5 Å². The molecule has 0 fully saturated rings. The molecule has 1 aliphatic rings. The van der Waals surface area contributed by atoms with Gasteiger partial charge < -0.3 is 10.5 Å². The predicted molar refractivity (Wildman–Crippen MR) is 76.8 cm³/mol. The van der Waals surface area contributed by atoms with Crippen LogP contribution in [0.1, 0.15) is 35.3 Å². The van der Waals surface area contributed by atoms with Crippen LogP contribution in [-0.2, 0) is 11.2 Å². The molecule has 2 aromatic carbocycles. The molecule has 104 valence electrons. The van der Waals surface area contributed by atoms with Crippen LogP contribution in [0, 0.1) is 5.82 Å².